The predicted octanol–water partition coefficient (Wildman–Crippen LogP) is 4.00. The van der Waals surface area contributed by atoms with Gasteiger partial charge in [0.1, 0.15) is 0 Å². The van der Waals surface area contributed by atoms with Gasteiger partial charge in [-0.1, -0.05) is 40.5 Å². The van der Waals surface area contributed by atoms with Gasteiger partial charge in [-0.25, -0.2) is 0 Å². The molecule has 1 nitrogen and oxygen atoms in total. The van der Waals surface area contributed by atoms with E-state index in [1.165, 1.54) is 35.7 Å². The zero-order valence-electron chi connectivity index (χ0n) is 10.8. The van der Waals surface area contributed by atoms with Gasteiger partial charge in [-0.2, -0.15) is 0 Å². The van der Waals surface area contributed by atoms with E-state index in [-0.39, 0.29) is 0 Å². The van der Waals surface area contributed by atoms with Gasteiger partial charge in [-0.3, -0.25) is 0 Å². The molecule has 98 valence electrons. The predicted molar refractivity (Wildman–Crippen MR) is 79.3 cm³/mol. The van der Waals surface area contributed by atoms with E-state index in [0.29, 0.717) is 5.92 Å². The minimum Gasteiger partial charge on any atom is -0.330 e. The first-order valence-electron chi connectivity index (χ1n) is 7.21. The van der Waals surface area contributed by atoms with E-state index in [1.54, 1.807) is 0 Å². The van der Waals surface area contributed by atoms with Crippen LogP contribution in [0.25, 0.3) is 0 Å². The van der Waals surface area contributed by atoms with E-state index in [4.69, 9.17) is 5.73 Å². The molecule has 0 amide bonds. The quantitative estimate of drug-likeness (QED) is 0.894. The second kappa shape index (κ2) is 5.34. The van der Waals surface area contributed by atoms with Crippen molar-refractivity contribution in [1.29, 1.82) is 0 Å². The highest BCUT2D eigenvalue weighted by molar-refractivity contribution is 9.10. The van der Waals surface area contributed by atoms with E-state index in [2.05, 4.69) is 40.2 Å². The van der Waals surface area contributed by atoms with Gasteiger partial charge < -0.3 is 5.73 Å². The van der Waals surface area contributed by atoms with Gasteiger partial charge in [0.25, 0.3) is 0 Å². The van der Waals surface area contributed by atoms with Crippen LogP contribution in [0.15, 0.2) is 28.7 Å². The maximum absolute atomic E-state index is 6.07. The molecule has 4 atom stereocenters. The Hall–Kier alpha value is -0.340. The van der Waals surface area contributed by atoms with Crippen LogP contribution in [0.1, 0.15) is 31.2 Å². The molecule has 3 rings (SSSR count). The van der Waals surface area contributed by atoms with Crippen LogP contribution in [0.3, 0.4) is 0 Å². The van der Waals surface area contributed by atoms with Crippen molar-refractivity contribution in [3.8, 4) is 0 Å². The monoisotopic (exact) mass is 307 g/mol. The zero-order chi connectivity index (χ0) is 12.5. The first kappa shape index (κ1) is 12.7. The molecule has 1 aromatic rings. The third kappa shape index (κ3) is 2.37. The molecule has 2 aliphatic carbocycles. The fraction of sp³-hybridized carbons (Fsp3) is 0.625. The van der Waals surface area contributed by atoms with E-state index in [1.807, 2.05) is 0 Å². The van der Waals surface area contributed by atoms with Crippen molar-refractivity contribution in [3.63, 3.8) is 0 Å². The van der Waals surface area contributed by atoms with Gasteiger partial charge >= 0.3 is 0 Å². The Morgan fingerprint density at radius 1 is 1.22 bits per heavy atom. The summed E-state index contributed by atoms with van der Waals surface area (Å²) < 4.78 is 1.24. The largest absolute Gasteiger partial charge is 0.330 e. The highest BCUT2D eigenvalue weighted by Crippen LogP contribution is 2.51. The van der Waals surface area contributed by atoms with E-state index < -0.39 is 0 Å². The third-order valence-electron chi connectivity index (χ3n) is 5.14. The van der Waals surface area contributed by atoms with Crippen LogP contribution in [-0.2, 0) is 6.42 Å². The lowest BCUT2D eigenvalue weighted by Crippen LogP contribution is -2.29. The summed E-state index contributed by atoms with van der Waals surface area (Å²) in [6, 6.07) is 8.60. The first-order chi connectivity index (χ1) is 8.78. The molecule has 2 N–H and O–H groups in total. The second-order valence-electron chi connectivity index (χ2n) is 6.13. The number of halogens is 1. The normalized spacial score (nSPS) is 31.8. The topological polar surface area (TPSA) is 26.0 Å². The Bertz CT molecular complexity index is 417. The maximum Gasteiger partial charge on any atom is 0.0207 e. The zero-order valence-corrected chi connectivity index (χ0v) is 12.4. The molecule has 0 spiro atoms. The Morgan fingerprint density at radius 2 is 2.06 bits per heavy atom. The van der Waals surface area contributed by atoms with Gasteiger partial charge in [0.15, 0.2) is 0 Å². The summed E-state index contributed by atoms with van der Waals surface area (Å²) in [5, 5.41) is 0. The molecular weight excluding hydrogens is 286 g/mol. The summed E-state index contributed by atoms with van der Waals surface area (Å²) in [6.07, 6.45) is 7.01. The smallest absolute Gasteiger partial charge is 0.0207 e. The van der Waals surface area contributed by atoms with Crippen molar-refractivity contribution >= 4 is 15.9 Å². The molecular formula is C16H22BrN. The van der Waals surface area contributed by atoms with Gasteiger partial charge in [0, 0.05) is 4.47 Å². The Morgan fingerprint density at radius 3 is 2.67 bits per heavy atom. The average molecular weight is 308 g/mol. The van der Waals surface area contributed by atoms with Gasteiger partial charge in [-0.15, -0.1) is 0 Å². The Labute approximate surface area is 118 Å². The number of hydrogen-bond donors (Lipinski definition) is 1. The highest BCUT2D eigenvalue weighted by atomic mass is 79.9. The Kier molecular flexibility index (Phi) is 3.76. The molecule has 0 aromatic heterocycles. The first-order valence-corrected chi connectivity index (χ1v) is 8.00. The molecule has 2 aliphatic rings. The van der Waals surface area contributed by atoms with Crippen molar-refractivity contribution in [1.82, 2.24) is 0 Å². The lowest BCUT2D eigenvalue weighted by atomic mass is 9.77. The van der Waals surface area contributed by atoms with Crippen LogP contribution < -0.4 is 5.73 Å². The van der Waals surface area contributed by atoms with E-state index in [9.17, 15) is 0 Å². The lowest BCUT2D eigenvalue weighted by molar-refractivity contribution is 0.230. The number of fused-ring (bicyclic) bond motifs is 2. The maximum atomic E-state index is 6.07. The minimum atomic E-state index is 0.680. The summed E-state index contributed by atoms with van der Waals surface area (Å²) in [5.41, 5.74) is 7.49. The second-order valence-corrected chi connectivity index (χ2v) is 6.98. The third-order valence-corrected chi connectivity index (χ3v) is 5.91. The Balaban J connectivity index is 1.72. The molecule has 0 aliphatic heterocycles. The molecule has 4 unspecified atom stereocenters. The molecule has 0 saturated heterocycles. The molecule has 2 heteroatoms. The molecule has 2 fully saturated rings. The van der Waals surface area contributed by atoms with Crippen molar-refractivity contribution in [2.75, 3.05) is 6.54 Å². The summed E-state index contributed by atoms with van der Waals surface area (Å²) in [4.78, 5) is 0. The molecule has 2 saturated carbocycles. The number of hydrogen-bond acceptors (Lipinski definition) is 1. The van der Waals surface area contributed by atoms with E-state index >= 15 is 0 Å². The average Bonchev–Trinajstić information content (AvgIpc) is 3.00. The van der Waals surface area contributed by atoms with E-state index in [0.717, 1.165) is 30.7 Å². The van der Waals surface area contributed by atoms with Crippen molar-refractivity contribution in [2.24, 2.45) is 29.4 Å². The summed E-state index contributed by atoms with van der Waals surface area (Å²) >= 11 is 3.66. The fourth-order valence-corrected chi connectivity index (χ4v) is 4.67. The summed E-state index contributed by atoms with van der Waals surface area (Å²) in [5.74, 6) is 3.57. The van der Waals surface area contributed by atoms with Gasteiger partial charge in [-0.05, 0) is 67.5 Å². The van der Waals surface area contributed by atoms with Crippen LogP contribution in [0.4, 0.5) is 0 Å². The van der Waals surface area contributed by atoms with Crippen LogP contribution in [0.5, 0.6) is 0 Å². The van der Waals surface area contributed by atoms with Gasteiger partial charge in [0.2, 0.25) is 0 Å². The highest BCUT2D eigenvalue weighted by Gasteiger charge is 2.42. The minimum absolute atomic E-state index is 0.680. The lowest BCUT2D eigenvalue weighted by Gasteiger charge is -2.30. The van der Waals surface area contributed by atoms with Crippen molar-refractivity contribution < 1.29 is 0 Å². The SMILES string of the molecule is NCC(Cc1ccccc1Br)C1CC2CCC1C2. The van der Waals surface area contributed by atoms with Crippen molar-refractivity contribution in [2.45, 2.75) is 32.1 Å². The fourth-order valence-electron chi connectivity index (χ4n) is 4.23. The standard InChI is InChI=1S/C16H22BrN/c17-16-4-2-1-3-13(16)9-14(10-18)15-8-11-5-6-12(15)7-11/h1-4,11-12,14-15H,5-10,18H2. The molecule has 1 aromatic carbocycles. The van der Waals surface area contributed by atoms with Crippen molar-refractivity contribution in [3.05, 3.63) is 34.3 Å². The molecule has 0 radical (unpaired) electrons. The van der Waals surface area contributed by atoms with Crippen LogP contribution >= 0.6 is 15.9 Å². The van der Waals surface area contributed by atoms with Crippen LogP contribution in [0, 0.1) is 23.7 Å². The number of nitrogens with two attached hydrogens (primary N) is 1. The van der Waals surface area contributed by atoms with Crippen LogP contribution in [-0.4, -0.2) is 6.54 Å². The van der Waals surface area contributed by atoms with Crippen LogP contribution in [0.2, 0.25) is 0 Å². The number of rotatable bonds is 4. The number of benzene rings is 1. The molecule has 18 heavy (non-hydrogen) atoms. The van der Waals surface area contributed by atoms with Gasteiger partial charge in [0.05, 0.1) is 0 Å². The molecule has 0 heterocycles. The summed E-state index contributed by atoms with van der Waals surface area (Å²) in [6.45, 7) is 0.842. The molecule has 2 bridgehead atoms. The summed E-state index contributed by atoms with van der Waals surface area (Å²) in [7, 11) is 0.